The third-order valence-corrected chi connectivity index (χ3v) is 6.32. The molecule has 10 heteroatoms. The Labute approximate surface area is 220 Å². The molecule has 3 aromatic carbocycles. The Balaban J connectivity index is 1.32. The normalized spacial score (nSPS) is 10.8. The summed E-state index contributed by atoms with van der Waals surface area (Å²) < 4.78 is 6.79. The van der Waals surface area contributed by atoms with Crippen molar-refractivity contribution in [1.29, 1.82) is 0 Å². The minimum absolute atomic E-state index is 0.0227. The van der Waals surface area contributed by atoms with Crippen molar-refractivity contribution in [2.24, 2.45) is 5.10 Å². The topological polar surface area (TPSA) is 106 Å². The van der Waals surface area contributed by atoms with Gasteiger partial charge in [-0.3, -0.25) is 14.9 Å². The lowest BCUT2D eigenvalue weighted by atomic mass is 10.1. The Morgan fingerprint density at radius 2 is 1.83 bits per heavy atom. The lowest BCUT2D eigenvalue weighted by Crippen LogP contribution is -2.19. The standard InChI is InChI=1S/C26H22BrN5O3S/c1-17-7-5-6-10-21(17)25(34)29-26-32-31-24(36-26)14-23(33)30-28-15-19-13-20(27)11-12-22(19)35-16-18-8-3-2-4-9-18/h2-13,15H,14,16H2,1H3,(H,30,33)(H,29,32,34)/b28-15-. The number of hydrogen-bond acceptors (Lipinski definition) is 7. The first kappa shape index (κ1) is 25.2. The van der Waals surface area contributed by atoms with Crippen LogP contribution in [-0.4, -0.2) is 28.2 Å². The third-order valence-electron chi connectivity index (χ3n) is 4.99. The molecule has 0 saturated carbocycles. The molecule has 0 aliphatic heterocycles. The van der Waals surface area contributed by atoms with Crippen LogP contribution < -0.4 is 15.5 Å². The molecule has 182 valence electrons. The van der Waals surface area contributed by atoms with E-state index in [1.807, 2.05) is 67.6 Å². The van der Waals surface area contributed by atoms with Crippen molar-refractivity contribution in [3.8, 4) is 5.75 Å². The van der Waals surface area contributed by atoms with Crippen molar-refractivity contribution in [2.45, 2.75) is 20.0 Å². The summed E-state index contributed by atoms with van der Waals surface area (Å²) in [6, 6.07) is 22.7. The van der Waals surface area contributed by atoms with Crippen molar-refractivity contribution in [2.75, 3.05) is 5.32 Å². The number of ether oxygens (including phenoxy) is 1. The highest BCUT2D eigenvalue weighted by Crippen LogP contribution is 2.23. The molecular weight excluding hydrogens is 542 g/mol. The number of carbonyl (C=O) groups excluding carboxylic acids is 2. The molecule has 1 heterocycles. The molecule has 0 radical (unpaired) electrons. The van der Waals surface area contributed by atoms with Crippen LogP contribution in [0.15, 0.2) is 82.4 Å². The van der Waals surface area contributed by atoms with Gasteiger partial charge in [-0.15, -0.1) is 10.2 Å². The maximum absolute atomic E-state index is 12.4. The van der Waals surface area contributed by atoms with E-state index < -0.39 is 0 Å². The second kappa shape index (κ2) is 12.2. The molecule has 36 heavy (non-hydrogen) atoms. The number of hydrazone groups is 1. The maximum atomic E-state index is 12.4. The summed E-state index contributed by atoms with van der Waals surface area (Å²) in [5, 5.41) is 15.5. The molecule has 0 aliphatic rings. The summed E-state index contributed by atoms with van der Waals surface area (Å²) in [5.74, 6) is 0.00306. The summed E-state index contributed by atoms with van der Waals surface area (Å²) in [6.45, 7) is 2.27. The molecule has 4 aromatic rings. The summed E-state index contributed by atoms with van der Waals surface area (Å²) in [4.78, 5) is 24.8. The van der Waals surface area contributed by atoms with Crippen LogP contribution in [0.25, 0.3) is 0 Å². The largest absolute Gasteiger partial charge is 0.488 e. The van der Waals surface area contributed by atoms with Crippen LogP contribution >= 0.6 is 27.3 Å². The lowest BCUT2D eigenvalue weighted by Gasteiger charge is -2.09. The summed E-state index contributed by atoms with van der Waals surface area (Å²) >= 11 is 4.58. The van der Waals surface area contributed by atoms with E-state index in [0.717, 1.165) is 26.9 Å². The minimum Gasteiger partial charge on any atom is -0.488 e. The first-order valence-corrected chi connectivity index (χ1v) is 12.6. The highest BCUT2D eigenvalue weighted by molar-refractivity contribution is 9.10. The number of nitrogens with one attached hydrogen (secondary N) is 2. The maximum Gasteiger partial charge on any atom is 0.257 e. The molecule has 0 fully saturated rings. The van der Waals surface area contributed by atoms with Gasteiger partial charge in [0.15, 0.2) is 0 Å². The van der Waals surface area contributed by atoms with E-state index in [4.69, 9.17) is 4.74 Å². The molecule has 1 aromatic heterocycles. The highest BCUT2D eigenvalue weighted by atomic mass is 79.9. The quantitative estimate of drug-likeness (QED) is 0.217. The monoisotopic (exact) mass is 563 g/mol. The zero-order valence-corrected chi connectivity index (χ0v) is 21.7. The first-order chi connectivity index (χ1) is 17.5. The van der Waals surface area contributed by atoms with Gasteiger partial charge in [-0.2, -0.15) is 5.10 Å². The van der Waals surface area contributed by atoms with Gasteiger partial charge in [0.1, 0.15) is 17.4 Å². The van der Waals surface area contributed by atoms with Crippen LogP contribution in [0.2, 0.25) is 0 Å². The smallest absolute Gasteiger partial charge is 0.257 e. The number of benzene rings is 3. The molecule has 2 N–H and O–H groups in total. The molecule has 0 spiro atoms. The van der Waals surface area contributed by atoms with Crippen LogP contribution in [0.4, 0.5) is 5.13 Å². The molecule has 0 saturated heterocycles. The molecular formula is C26H22BrN5O3S. The highest BCUT2D eigenvalue weighted by Gasteiger charge is 2.13. The van der Waals surface area contributed by atoms with Gasteiger partial charge in [0.2, 0.25) is 11.0 Å². The fourth-order valence-electron chi connectivity index (χ4n) is 3.21. The second-order valence-corrected chi connectivity index (χ2v) is 9.67. The number of rotatable bonds is 9. The Hall–Kier alpha value is -3.89. The summed E-state index contributed by atoms with van der Waals surface area (Å²) in [5.41, 5.74) is 5.66. The van der Waals surface area contributed by atoms with Gasteiger partial charge in [-0.25, -0.2) is 5.43 Å². The number of amides is 2. The SMILES string of the molecule is Cc1ccccc1C(=O)Nc1nnc(CC(=O)N/N=C\c2cc(Br)ccc2OCc2ccccc2)s1. The van der Waals surface area contributed by atoms with Crippen molar-refractivity contribution in [3.63, 3.8) is 0 Å². The zero-order chi connectivity index (χ0) is 25.3. The summed E-state index contributed by atoms with van der Waals surface area (Å²) in [6.07, 6.45) is 1.50. The van der Waals surface area contributed by atoms with Crippen LogP contribution in [0.3, 0.4) is 0 Å². The van der Waals surface area contributed by atoms with Crippen molar-refractivity contribution in [3.05, 3.63) is 105 Å². The predicted octanol–water partition coefficient (Wildman–Crippen LogP) is 5.13. The van der Waals surface area contributed by atoms with Crippen molar-refractivity contribution >= 4 is 50.4 Å². The number of aryl methyl sites for hydroxylation is 1. The number of hydrogen-bond donors (Lipinski definition) is 2. The van der Waals surface area contributed by atoms with Crippen LogP contribution in [0, 0.1) is 6.92 Å². The van der Waals surface area contributed by atoms with E-state index >= 15 is 0 Å². The molecule has 0 unspecified atom stereocenters. The number of nitrogens with zero attached hydrogens (tertiary/aromatic N) is 3. The summed E-state index contributed by atoms with van der Waals surface area (Å²) in [7, 11) is 0. The van der Waals surface area contributed by atoms with Crippen LogP contribution in [0.5, 0.6) is 5.75 Å². The van der Waals surface area contributed by atoms with Gasteiger partial charge in [0.05, 0.1) is 12.6 Å². The molecule has 0 bridgehead atoms. The molecule has 0 atom stereocenters. The number of carbonyl (C=O) groups is 2. The predicted molar refractivity (Wildman–Crippen MR) is 143 cm³/mol. The van der Waals surface area contributed by atoms with Crippen molar-refractivity contribution < 1.29 is 14.3 Å². The van der Waals surface area contributed by atoms with E-state index in [-0.39, 0.29) is 18.2 Å². The Morgan fingerprint density at radius 3 is 2.64 bits per heavy atom. The van der Waals surface area contributed by atoms with Gasteiger partial charge >= 0.3 is 0 Å². The molecule has 8 nitrogen and oxygen atoms in total. The van der Waals surface area contributed by atoms with E-state index in [9.17, 15) is 9.59 Å². The van der Waals surface area contributed by atoms with E-state index in [2.05, 4.69) is 42.0 Å². The zero-order valence-electron chi connectivity index (χ0n) is 19.3. The van der Waals surface area contributed by atoms with Gasteiger partial charge in [-0.05, 0) is 42.3 Å². The van der Waals surface area contributed by atoms with Crippen LogP contribution in [0.1, 0.15) is 32.1 Å². The van der Waals surface area contributed by atoms with Crippen molar-refractivity contribution in [1.82, 2.24) is 15.6 Å². The van der Waals surface area contributed by atoms with E-state index in [1.54, 1.807) is 12.1 Å². The number of aromatic nitrogens is 2. The lowest BCUT2D eigenvalue weighted by molar-refractivity contribution is -0.120. The number of anilines is 1. The van der Waals surface area contributed by atoms with Gasteiger partial charge < -0.3 is 4.74 Å². The third kappa shape index (κ3) is 7.06. The average Bonchev–Trinajstić information content (AvgIpc) is 3.30. The molecule has 0 aliphatic carbocycles. The molecule has 2 amide bonds. The Kier molecular flexibility index (Phi) is 8.53. The number of halogens is 1. The average molecular weight is 564 g/mol. The van der Waals surface area contributed by atoms with Crippen LogP contribution in [-0.2, 0) is 17.8 Å². The van der Waals surface area contributed by atoms with E-state index in [1.165, 1.54) is 6.21 Å². The van der Waals surface area contributed by atoms with Gasteiger partial charge in [-0.1, -0.05) is 75.8 Å². The first-order valence-electron chi connectivity index (χ1n) is 11.0. The Morgan fingerprint density at radius 1 is 1.06 bits per heavy atom. The Bertz CT molecular complexity index is 1390. The minimum atomic E-state index is -0.360. The molecule has 4 rings (SSSR count). The second-order valence-electron chi connectivity index (χ2n) is 7.70. The fraction of sp³-hybridized carbons (Fsp3) is 0.115. The van der Waals surface area contributed by atoms with Gasteiger partial charge in [0, 0.05) is 15.6 Å². The fourth-order valence-corrected chi connectivity index (χ4v) is 4.32. The van der Waals surface area contributed by atoms with Gasteiger partial charge in [0.25, 0.3) is 5.91 Å². The van der Waals surface area contributed by atoms with E-state index in [0.29, 0.717) is 33.6 Å².